The number of carbonyl (C=O) groups is 2. The summed E-state index contributed by atoms with van der Waals surface area (Å²) in [4.78, 5) is 22.9. The van der Waals surface area contributed by atoms with Gasteiger partial charge in [0.1, 0.15) is 12.4 Å². The molecule has 0 aliphatic heterocycles. The first kappa shape index (κ1) is 16.5. The lowest BCUT2D eigenvalue weighted by atomic mass is 10.1. The maximum atomic E-state index is 11.9. The second kappa shape index (κ2) is 8.61. The van der Waals surface area contributed by atoms with Crippen LogP contribution in [0, 0.1) is 11.8 Å². The quantitative estimate of drug-likeness (QED) is 0.603. The summed E-state index contributed by atoms with van der Waals surface area (Å²) in [6.45, 7) is -0.0894. The van der Waals surface area contributed by atoms with E-state index in [4.69, 9.17) is 9.84 Å². The third-order valence-electron chi connectivity index (χ3n) is 2.61. The molecule has 0 bridgehead atoms. The fourth-order valence-corrected chi connectivity index (χ4v) is 1.56. The van der Waals surface area contributed by atoms with E-state index in [1.807, 2.05) is 0 Å². The van der Waals surface area contributed by atoms with Crippen LogP contribution >= 0.6 is 0 Å². The van der Waals surface area contributed by atoms with Crippen LogP contribution in [0.4, 0.5) is 0 Å². The third-order valence-corrected chi connectivity index (χ3v) is 2.61. The van der Waals surface area contributed by atoms with Gasteiger partial charge in [0.25, 0.3) is 5.91 Å². The lowest BCUT2D eigenvalue weighted by Crippen LogP contribution is -2.26. The Hall–Kier alpha value is -2.52. The summed E-state index contributed by atoms with van der Waals surface area (Å²) in [7, 11) is 2.79. The number of amides is 1. The largest absolute Gasteiger partial charge is 0.495 e. The zero-order chi connectivity index (χ0) is 15.7. The van der Waals surface area contributed by atoms with Crippen molar-refractivity contribution >= 4 is 11.9 Å². The minimum Gasteiger partial charge on any atom is -0.495 e. The van der Waals surface area contributed by atoms with Gasteiger partial charge >= 0.3 is 5.97 Å². The molecule has 0 fully saturated rings. The van der Waals surface area contributed by atoms with Crippen LogP contribution in [0.15, 0.2) is 18.2 Å². The molecule has 2 N–H and O–H groups in total. The van der Waals surface area contributed by atoms with Crippen molar-refractivity contribution in [2.45, 2.75) is 6.42 Å². The van der Waals surface area contributed by atoms with Crippen LogP contribution in [0.5, 0.6) is 5.75 Å². The van der Waals surface area contributed by atoms with E-state index in [-0.39, 0.29) is 31.4 Å². The van der Waals surface area contributed by atoms with E-state index in [2.05, 4.69) is 21.9 Å². The maximum Gasteiger partial charge on any atom is 0.307 e. The van der Waals surface area contributed by atoms with Crippen molar-refractivity contribution in [2.75, 3.05) is 27.4 Å². The van der Waals surface area contributed by atoms with Crippen molar-refractivity contribution in [3.63, 3.8) is 0 Å². The summed E-state index contributed by atoms with van der Waals surface area (Å²) in [5, 5.41) is 11.3. The number of carbonyl (C=O) groups excluding carboxylic acids is 2. The number of aliphatic hydroxyl groups is 1. The molecule has 6 heteroatoms. The molecule has 1 aromatic rings. The molecular weight excluding hydrogens is 274 g/mol. The van der Waals surface area contributed by atoms with E-state index >= 15 is 0 Å². The summed E-state index contributed by atoms with van der Waals surface area (Å²) in [5.74, 6) is 5.02. The van der Waals surface area contributed by atoms with Crippen molar-refractivity contribution in [3.8, 4) is 17.6 Å². The van der Waals surface area contributed by atoms with E-state index in [0.29, 0.717) is 16.9 Å². The topological polar surface area (TPSA) is 84.9 Å². The highest BCUT2D eigenvalue weighted by atomic mass is 16.5. The van der Waals surface area contributed by atoms with Crippen LogP contribution in [0.2, 0.25) is 0 Å². The summed E-state index contributed by atoms with van der Waals surface area (Å²) in [6, 6.07) is 4.78. The molecule has 1 aromatic carbocycles. The van der Waals surface area contributed by atoms with Gasteiger partial charge in [0, 0.05) is 12.1 Å². The molecule has 0 saturated carbocycles. The number of nitrogens with one attached hydrogen (secondary N) is 1. The lowest BCUT2D eigenvalue weighted by Gasteiger charge is -2.07. The minimum atomic E-state index is -0.389. The van der Waals surface area contributed by atoms with Crippen LogP contribution in [0.25, 0.3) is 0 Å². The molecule has 0 unspecified atom stereocenters. The zero-order valence-corrected chi connectivity index (χ0v) is 11.9. The van der Waals surface area contributed by atoms with Gasteiger partial charge in [0.15, 0.2) is 0 Å². The molecule has 0 aliphatic carbocycles. The number of ether oxygens (including phenoxy) is 2. The van der Waals surface area contributed by atoms with Gasteiger partial charge in [-0.05, 0) is 18.2 Å². The number of methoxy groups -OCH3 is 2. The number of aliphatic hydroxyl groups excluding tert-OH is 1. The van der Waals surface area contributed by atoms with Gasteiger partial charge in [0.05, 0.1) is 26.2 Å². The first-order chi connectivity index (χ1) is 10.1. The highest BCUT2D eigenvalue weighted by Crippen LogP contribution is 2.18. The highest BCUT2D eigenvalue weighted by Gasteiger charge is 2.09. The Kier molecular flexibility index (Phi) is 6.78. The Labute approximate surface area is 123 Å². The SMILES string of the molecule is COC(=O)CCNC(=O)c1ccc(OC)c(C#CCO)c1. The van der Waals surface area contributed by atoms with Gasteiger partial charge < -0.3 is 19.9 Å². The van der Waals surface area contributed by atoms with E-state index in [1.165, 1.54) is 14.2 Å². The van der Waals surface area contributed by atoms with Gasteiger partial charge in [0.2, 0.25) is 0 Å². The van der Waals surface area contributed by atoms with Crippen LogP contribution in [-0.4, -0.2) is 44.4 Å². The number of rotatable bonds is 5. The highest BCUT2D eigenvalue weighted by molar-refractivity contribution is 5.95. The van der Waals surface area contributed by atoms with Gasteiger partial charge in [-0.2, -0.15) is 0 Å². The van der Waals surface area contributed by atoms with Gasteiger partial charge in [-0.25, -0.2) is 0 Å². The maximum absolute atomic E-state index is 11.9. The molecule has 0 aromatic heterocycles. The van der Waals surface area contributed by atoms with Crippen LogP contribution in [-0.2, 0) is 9.53 Å². The summed E-state index contributed by atoms with van der Waals surface area (Å²) in [6.07, 6.45) is 0.107. The summed E-state index contributed by atoms with van der Waals surface area (Å²) >= 11 is 0. The average Bonchev–Trinajstić information content (AvgIpc) is 2.52. The van der Waals surface area contributed by atoms with Crippen molar-refractivity contribution in [2.24, 2.45) is 0 Å². The molecular formula is C15H17NO5. The second-order valence-electron chi connectivity index (χ2n) is 3.96. The first-order valence-electron chi connectivity index (χ1n) is 6.25. The number of benzene rings is 1. The van der Waals surface area contributed by atoms with Crippen LogP contribution in [0.1, 0.15) is 22.3 Å². The molecule has 6 nitrogen and oxygen atoms in total. The predicted molar refractivity (Wildman–Crippen MR) is 75.9 cm³/mol. The smallest absolute Gasteiger partial charge is 0.307 e. The predicted octanol–water partition coefficient (Wildman–Crippen LogP) is 0.332. The molecule has 0 aliphatic rings. The van der Waals surface area contributed by atoms with Crippen molar-refractivity contribution < 1.29 is 24.2 Å². The monoisotopic (exact) mass is 291 g/mol. The molecule has 0 radical (unpaired) electrons. The number of hydrogen-bond acceptors (Lipinski definition) is 5. The summed E-state index contributed by atoms with van der Waals surface area (Å²) in [5.41, 5.74) is 0.898. The van der Waals surface area contributed by atoms with Gasteiger partial charge in [-0.15, -0.1) is 0 Å². The second-order valence-corrected chi connectivity index (χ2v) is 3.96. The van der Waals surface area contributed by atoms with Crippen molar-refractivity contribution in [3.05, 3.63) is 29.3 Å². The fourth-order valence-electron chi connectivity index (χ4n) is 1.56. The molecule has 0 heterocycles. The van der Waals surface area contributed by atoms with E-state index in [1.54, 1.807) is 18.2 Å². The van der Waals surface area contributed by atoms with E-state index in [0.717, 1.165) is 0 Å². The molecule has 1 amide bonds. The Bertz CT molecular complexity index is 571. The number of hydrogen-bond donors (Lipinski definition) is 2. The molecule has 112 valence electrons. The first-order valence-corrected chi connectivity index (χ1v) is 6.25. The Morgan fingerprint density at radius 2 is 2.10 bits per heavy atom. The molecule has 0 saturated heterocycles. The molecule has 21 heavy (non-hydrogen) atoms. The molecule has 0 atom stereocenters. The molecule has 1 rings (SSSR count). The summed E-state index contributed by atoms with van der Waals surface area (Å²) < 4.78 is 9.61. The normalized spacial score (nSPS) is 9.29. The van der Waals surface area contributed by atoms with Crippen LogP contribution in [0.3, 0.4) is 0 Å². The Morgan fingerprint density at radius 3 is 2.71 bits per heavy atom. The average molecular weight is 291 g/mol. The van der Waals surface area contributed by atoms with Gasteiger partial charge in [-0.3, -0.25) is 9.59 Å². The third kappa shape index (κ3) is 5.16. The Balaban J connectivity index is 2.78. The van der Waals surface area contributed by atoms with Crippen LogP contribution < -0.4 is 10.1 Å². The molecule has 0 spiro atoms. The van der Waals surface area contributed by atoms with Crippen molar-refractivity contribution in [1.82, 2.24) is 5.32 Å². The Morgan fingerprint density at radius 1 is 1.33 bits per heavy atom. The van der Waals surface area contributed by atoms with Gasteiger partial charge in [-0.1, -0.05) is 11.8 Å². The zero-order valence-electron chi connectivity index (χ0n) is 11.9. The fraction of sp³-hybridized carbons (Fsp3) is 0.333. The van der Waals surface area contributed by atoms with E-state index in [9.17, 15) is 9.59 Å². The lowest BCUT2D eigenvalue weighted by molar-refractivity contribution is -0.140. The number of esters is 1. The minimum absolute atomic E-state index is 0.107. The van der Waals surface area contributed by atoms with E-state index < -0.39 is 0 Å². The van der Waals surface area contributed by atoms with Crippen molar-refractivity contribution in [1.29, 1.82) is 0 Å². The standard InChI is InChI=1S/C15H17NO5/c1-20-13-6-5-12(10-11(13)4-3-9-17)15(19)16-8-7-14(18)21-2/h5-6,10,17H,7-9H2,1-2H3,(H,16,19).